The summed E-state index contributed by atoms with van der Waals surface area (Å²) in [5.41, 5.74) is 4.98. The van der Waals surface area contributed by atoms with E-state index in [9.17, 15) is 5.11 Å². The Morgan fingerprint density at radius 3 is 2.74 bits per heavy atom. The maximum Gasteiger partial charge on any atom is 0.231 e. The number of aliphatic hydroxyl groups excluding tert-OH is 1. The van der Waals surface area contributed by atoms with Gasteiger partial charge in [0.15, 0.2) is 11.5 Å². The van der Waals surface area contributed by atoms with E-state index in [1.807, 2.05) is 18.2 Å². The number of fused-ring (bicyclic) bond motifs is 1. The van der Waals surface area contributed by atoms with Crippen LogP contribution in [0.1, 0.15) is 35.1 Å². The van der Waals surface area contributed by atoms with E-state index in [1.165, 1.54) is 16.7 Å². The Morgan fingerprint density at radius 1 is 1.11 bits per heavy atom. The number of hydrogen-bond donors (Lipinski definition) is 1. The third-order valence-corrected chi connectivity index (χ3v) is 4.91. The third kappa shape index (κ3) is 5.34. The monoisotopic (exact) mass is 367 g/mol. The van der Waals surface area contributed by atoms with E-state index < -0.39 is 0 Å². The predicted octanol–water partition coefficient (Wildman–Crippen LogP) is 4.36. The molecule has 4 nitrogen and oxygen atoms in total. The summed E-state index contributed by atoms with van der Waals surface area (Å²) in [6, 6.07) is 12.6. The van der Waals surface area contributed by atoms with E-state index in [2.05, 4.69) is 49.6 Å². The molecule has 1 heterocycles. The van der Waals surface area contributed by atoms with Crippen LogP contribution in [0.3, 0.4) is 0 Å². The lowest BCUT2D eigenvalue weighted by Crippen LogP contribution is -2.32. The lowest BCUT2D eigenvalue weighted by Gasteiger charge is -2.26. The van der Waals surface area contributed by atoms with Gasteiger partial charge in [-0.25, -0.2) is 0 Å². The minimum absolute atomic E-state index is 0.283. The number of benzene rings is 2. The lowest BCUT2D eigenvalue weighted by molar-refractivity contribution is 0.0982. The number of allylic oxidation sites excluding steroid dienone is 1. The Labute approximate surface area is 162 Å². The summed E-state index contributed by atoms with van der Waals surface area (Å²) in [6.45, 7) is 10.5. The largest absolute Gasteiger partial charge is 0.454 e. The molecule has 1 atom stereocenters. The molecule has 0 unspecified atom stereocenters. The summed E-state index contributed by atoms with van der Waals surface area (Å²) >= 11 is 0. The Balaban J connectivity index is 1.76. The van der Waals surface area contributed by atoms with Crippen LogP contribution in [0.2, 0.25) is 0 Å². The Morgan fingerprint density at radius 2 is 1.93 bits per heavy atom. The first-order valence-corrected chi connectivity index (χ1v) is 9.51. The molecule has 0 bridgehead atoms. The van der Waals surface area contributed by atoms with Gasteiger partial charge in [0.1, 0.15) is 0 Å². The molecule has 27 heavy (non-hydrogen) atoms. The van der Waals surface area contributed by atoms with Crippen LogP contribution in [0.15, 0.2) is 49.1 Å². The van der Waals surface area contributed by atoms with E-state index in [1.54, 1.807) is 0 Å². The van der Waals surface area contributed by atoms with Gasteiger partial charge in [0, 0.05) is 19.6 Å². The van der Waals surface area contributed by atoms with Crippen molar-refractivity contribution >= 4 is 0 Å². The normalized spacial score (nSPS) is 13.8. The molecule has 0 spiro atoms. The van der Waals surface area contributed by atoms with Gasteiger partial charge in [-0.1, -0.05) is 35.9 Å². The highest BCUT2D eigenvalue weighted by molar-refractivity contribution is 5.44. The Kier molecular flexibility index (Phi) is 6.54. The molecular weight excluding hydrogens is 338 g/mol. The average molecular weight is 367 g/mol. The topological polar surface area (TPSA) is 41.9 Å². The van der Waals surface area contributed by atoms with Gasteiger partial charge >= 0.3 is 0 Å². The molecule has 0 amide bonds. The van der Waals surface area contributed by atoms with Gasteiger partial charge < -0.3 is 14.6 Å². The molecule has 1 aliphatic rings. The summed E-state index contributed by atoms with van der Waals surface area (Å²) < 4.78 is 10.9. The molecule has 0 fully saturated rings. The van der Waals surface area contributed by atoms with Crippen LogP contribution in [-0.4, -0.2) is 29.4 Å². The highest BCUT2D eigenvalue weighted by atomic mass is 16.7. The second kappa shape index (κ2) is 9.07. The van der Waals surface area contributed by atoms with Gasteiger partial charge in [0.25, 0.3) is 0 Å². The zero-order valence-electron chi connectivity index (χ0n) is 16.3. The first-order valence-electron chi connectivity index (χ1n) is 9.51. The molecule has 0 radical (unpaired) electrons. The molecule has 144 valence electrons. The molecule has 0 saturated carbocycles. The number of hydrogen-bond acceptors (Lipinski definition) is 4. The number of rotatable bonds is 9. The summed E-state index contributed by atoms with van der Waals surface area (Å²) in [7, 11) is 0. The number of aryl methyl sites for hydroxylation is 2. The number of nitrogens with zero attached hydrogens (tertiary/aromatic N) is 1. The molecule has 1 aliphatic heterocycles. The summed E-state index contributed by atoms with van der Waals surface area (Å²) in [5, 5.41) is 10.5. The smallest absolute Gasteiger partial charge is 0.231 e. The highest BCUT2D eigenvalue weighted by Crippen LogP contribution is 2.33. The van der Waals surface area contributed by atoms with Gasteiger partial charge in [-0.3, -0.25) is 4.90 Å². The molecule has 3 rings (SSSR count). The minimum atomic E-state index is -0.373. The molecule has 0 aliphatic carbocycles. The first kappa shape index (κ1) is 19.5. The standard InChI is InChI=1S/C23H29NO3/c1-4-5-6-21(25)15-24(14-20-11-17(2)7-8-18(20)3)13-19-9-10-22-23(12-19)27-16-26-22/h4,7-12,21,25H,1,5-6,13-16H2,2-3H3/t21-/m1/s1. The number of aliphatic hydroxyl groups is 1. The van der Waals surface area contributed by atoms with Crippen LogP contribution in [0.5, 0.6) is 11.5 Å². The van der Waals surface area contributed by atoms with E-state index in [0.29, 0.717) is 6.54 Å². The molecule has 4 heteroatoms. The van der Waals surface area contributed by atoms with Crippen molar-refractivity contribution in [1.82, 2.24) is 4.90 Å². The maximum atomic E-state index is 10.5. The quantitative estimate of drug-likeness (QED) is 0.669. The van der Waals surface area contributed by atoms with Crippen molar-refractivity contribution in [3.8, 4) is 11.5 Å². The molecule has 0 aromatic heterocycles. The predicted molar refractivity (Wildman–Crippen MR) is 108 cm³/mol. The number of ether oxygens (including phenoxy) is 2. The van der Waals surface area contributed by atoms with Crippen LogP contribution in [0.4, 0.5) is 0 Å². The van der Waals surface area contributed by atoms with Gasteiger partial charge in [0.2, 0.25) is 6.79 Å². The molecule has 1 N–H and O–H groups in total. The van der Waals surface area contributed by atoms with Gasteiger partial charge in [-0.05, 0) is 55.5 Å². The fraction of sp³-hybridized carbons (Fsp3) is 0.391. The zero-order valence-corrected chi connectivity index (χ0v) is 16.3. The summed E-state index contributed by atoms with van der Waals surface area (Å²) in [4.78, 5) is 2.30. The van der Waals surface area contributed by atoms with Crippen molar-refractivity contribution < 1.29 is 14.6 Å². The van der Waals surface area contributed by atoms with Gasteiger partial charge in [-0.15, -0.1) is 6.58 Å². The van der Waals surface area contributed by atoms with Crippen LogP contribution in [0.25, 0.3) is 0 Å². The molecule has 2 aromatic rings. The fourth-order valence-electron chi connectivity index (χ4n) is 3.39. The third-order valence-electron chi connectivity index (χ3n) is 4.91. The highest BCUT2D eigenvalue weighted by Gasteiger charge is 2.17. The van der Waals surface area contributed by atoms with Crippen molar-refractivity contribution in [3.05, 3.63) is 71.3 Å². The van der Waals surface area contributed by atoms with Crippen molar-refractivity contribution in [2.75, 3.05) is 13.3 Å². The van der Waals surface area contributed by atoms with Crippen molar-refractivity contribution in [2.24, 2.45) is 0 Å². The van der Waals surface area contributed by atoms with Gasteiger partial charge in [-0.2, -0.15) is 0 Å². The lowest BCUT2D eigenvalue weighted by atomic mass is 10.0. The van der Waals surface area contributed by atoms with Crippen LogP contribution in [-0.2, 0) is 13.1 Å². The van der Waals surface area contributed by atoms with Gasteiger partial charge in [0.05, 0.1) is 6.10 Å². The summed E-state index contributed by atoms with van der Waals surface area (Å²) in [6.07, 6.45) is 3.04. The van der Waals surface area contributed by atoms with Crippen LogP contribution < -0.4 is 9.47 Å². The second-order valence-electron chi connectivity index (χ2n) is 7.31. The summed E-state index contributed by atoms with van der Waals surface area (Å²) in [5.74, 6) is 1.59. The minimum Gasteiger partial charge on any atom is -0.454 e. The molecular formula is C23H29NO3. The molecule has 0 saturated heterocycles. The zero-order chi connectivity index (χ0) is 19.2. The van der Waals surface area contributed by atoms with E-state index in [4.69, 9.17) is 9.47 Å². The van der Waals surface area contributed by atoms with Crippen molar-refractivity contribution in [2.45, 2.75) is 45.9 Å². The van der Waals surface area contributed by atoms with Crippen molar-refractivity contribution in [3.63, 3.8) is 0 Å². The Hall–Kier alpha value is -2.30. The van der Waals surface area contributed by atoms with E-state index >= 15 is 0 Å². The Bertz CT molecular complexity index is 787. The van der Waals surface area contributed by atoms with Crippen molar-refractivity contribution in [1.29, 1.82) is 0 Å². The molecule has 2 aromatic carbocycles. The van der Waals surface area contributed by atoms with Crippen LogP contribution in [0, 0.1) is 13.8 Å². The first-order chi connectivity index (χ1) is 13.0. The average Bonchev–Trinajstić information content (AvgIpc) is 3.10. The fourth-order valence-corrected chi connectivity index (χ4v) is 3.39. The van der Waals surface area contributed by atoms with E-state index in [0.717, 1.165) is 43.0 Å². The second-order valence-corrected chi connectivity index (χ2v) is 7.31. The van der Waals surface area contributed by atoms with Crippen LogP contribution >= 0.6 is 0 Å². The maximum absolute atomic E-state index is 10.5. The van der Waals surface area contributed by atoms with E-state index in [-0.39, 0.29) is 12.9 Å². The SMILES string of the molecule is C=CCC[C@@H](O)CN(Cc1ccc2c(c1)OCO2)Cc1cc(C)ccc1C.